The number of nitro groups is 2. The van der Waals surface area contributed by atoms with E-state index in [0.29, 0.717) is 0 Å². The van der Waals surface area contributed by atoms with Crippen molar-refractivity contribution in [1.29, 1.82) is 0 Å². The molecule has 1 aromatic carbocycles. The van der Waals surface area contributed by atoms with Crippen LogP contribution in [0.5, 0.6) is 0 Å². The normalized spacial score (nSPS) is 10.9. The van der Waals surface area contributed by atoms with Crippen LogP contribution < -0.4 is 5.30 Å². The highest BCUT2D eigenvalue weighted by atomic mass is 31.2. The third kappa shape index (κ3) is 1.49. The van der Waals surface area contributed by atoms with Crippen molar-refractivity contribution >= 4 is 12.7 Å². The fourth-order valence-electron chi connectivity index (χ4n) is 0.870. The van der Waals surface area contributed by atoms with Gasteiger partial charge in [0.15, 0.2) is 5.30 Å². The van der Waals surface area contributed by atoms with Crippen LogP contribution in [0.25, 0.3) is 0 Å². The van der Waals surface area contributed by atoms with E-state index in [1.165, 1.54) is 18.2 Å². The first-order chi connectivity index (χ1) is 6.49. The molecule has 0 amide bonds. The van der Waals surface area contributed by atoms with Gasteiger partial charge in [-0.15, -0.1) is 0 Å². The number of hydrogen-bond donors (Lipinski definition) is 0. The predicted molar refractivity (Wildman–Crippen MR) is 47.7 cm³/mol. The highest BCUT2D eigenvalue weighted by Gasteiger charge is 2.54. The summed E-state index contributed by atoms with van der Waals surface area (Å²) in [5, 5.41) is 20.3. The van der Waals surface area contributed by atoms with Gasteiger partial charge in [-0.05, 0) is 12.1 Å². The maximum atomic E-state index is 11.4. The lowest BCUT2D eigenvalue weighted by Crippen LogP contribution is -2.17. The molecule has 0 fully saturated rings. The van der Waals surface area contributed by atoms with E-state index < -0.39 is 16.8 Å². The minimum Gasteiger partial charge on any atom is -0.256 e. The van der Waals surface area contributed by atoms with E-state index in [4.69, 9.17) is 0 Å². The molecule has 1 rings (SSSR count). The van der Waals surface area contributed by atoms with E-state index in [9.17, 15) is 24.8 Å². The molecule has 0 aliphatic heterocycles. The molecule has 0 heterocycles. The van der Waals surface area contributed by atoms with Gasteiger partial charge in [0.05, 0.1) is 0 Å². The van der Waals surface area contributed by atoms with E-state index >= 15 is 0 Å². The highest BCUT2D eigenvalue weighted by molar-refractivity contribution is 7.59. The van der Waals surface area contributed by atoms with E-state index in [1.54, 1.807) is 0 Å². The van der Waals surface area contributed by atoms with Crippen molar-refractivity contribution in [2.75, 3.05) is 0 Å². The largest absolute Gasteiger partial charge is 0.710 e. The number of rotatable bonds is 3. The fourth-order valence-corrected chi connectivity index (χ4v) is 1.93. The second-order valence-electron chi connectivity index (χ2n) is 2.36. The maximum Gasteiger partial charge on any atom is 0.710 e. The Kier molecular flexibility index (Phi) is 2.62. The number of benzene rings is 1. The van der Waals surface area contributed by atoms with Crippen LogP contribution in [-0.2, 0) is 4.57 Å². The van der Waals surface area contributed by atoms with Crippen LogP contribution in [0, 0.1) is 20.2 Å². The van der Waals surface area contributed by atoms with Crippen molar-refractivity contribution in [2.24, 2.45) is 0 Å². The van der Waals surface area contributed by atoms with Gasteiger partial charge in [-0.3, -0.25) is 20.2 Å². The number of nitrogens with zero attached hydrogens (tertiary/aromatic N) is 2. The van der Waals surface area contributed by atoms with Gasteiger partial charge >= 0.3 is 7.44 Å². The molecular formula is C6H5N2O5P. The summed E-state index contributed by atoms with van der Waals surface area (Å²) in [5.74, 6) is 0. The zero-order valence-electron chi connectivity index (χ0n) is 6.77. The lowest BCUT2D eigenvalue weighted by molar-refractivity contribution is -0.433. The summed E-state index contributed by atoms with van der Waals surface area (Å²) >= 11 is 0. The summed E-state index contributed by atoms with van der Waals surface area (Å²) in [5.41, 5.74) is 0. The lowest BCUT2D eigenvalue weighted by Gasteiger charge is -1.99. The second kappa shape index (κ2) is 3.55. The van der Waals surface area contributed by atoms with Crippen molar-refractivity contribution < 1.29 is 14.0 Å². The molecule has 14 heavy (non-hydrogen) atoms. The third-order valence-electron chi connectivity index (χ3n) is 1.54. The van der Waals surface area contributed by atoms with Crippen molar-refractivity contribution in [1.82, 2.24) is 0 Å². The minimum absolute atomic E-state index is 0.380. The molecule has 7 nitrogen and oxygen atoms in total. The van der Waals surface area contributed by atoms with Gasteiger partial charge < -0.3 is 0 Å². The first-order valence-corrected chi connectivity index (χ1v) is 5.06. The molecule has 0 aromatic heterocycles. The molecule has 1 aromatic rings. The number of hydrogen-bond acceptors (Lipinski definition) is 5. The molecule has 0 unspecified atom stereocenters. The first-order valence-electron chi connectivity index (χ1n) is 3.45. The van der Waals surface area contributed by atoms with Crippen LogP contribution >= 0.6 is 7.44 Å². The first kappa shape index (κ1) is 10.3. The zero-order valence-corrected chi connectivity index (χ0v) is 7.66. The Bertz CT molecular complexity index is 399. The van der Waals surface area contributed by atoms with Crippen LogP contribution in [0.1, 0.15) is 0 Å². The Labute approximate surface area is 78.1 Å². The van der Waals surface area contributed by atoms with Gasteiger partial charge in [-0.25, -0.2) is 0 Å². The Balaban J connectivity index is 3.35. The van der Waals surface area contributed by atoms with Crippen LogP contribution in [0.2, 0.25) is 0 Å². The van der Waals surface area contributed by atoms with Gasteiger partial charge in [-0.2, -0.15) is 4.57 Å². The molecule has 74 valence electrons. The van der Waals surface area contributed by atoms with Crippen LogP contribution in [0.15, 0.2) is 30.3 Å². The maximum absolute atomic E-state index is 11.4. The van der Waals surface area contributed by atoms with Crippen molar-refractivity contribution in [2.45, 2.75) is 0 Å². The molecule has 0 saturated carbocycles. The van der Waals surface area contributed by atoms with Crippen LogP contribution in [0.4, 0.5) is 0 Å². The smallest absolute Gasteiger partial charge is 0.256 e. The summed E-state index contributed by atoms with van der Waals surface area (Å²) in [6.45, 7) is 0. The van der Waals surface area contributed by atoms with Gasteiger partial charge in [0, 0.05) is 0 Å². The molecule has 0 N–H and O–H groups in total. The Morgan fingerprint density at radius 1 is 1.00 bits per heavy atom. The topological polar surface area (TPSA) is 103 Å². The Hall–Kier alpha value is -1.75. The van der Waals surface area contributed by atoms with E-state index in [-0.39, 0.29) is 5.30 Å². The van der Waals surface area contributed by atoms with Crippen LogP contribution in [0.3, 0.4) is 0 Å². The van der Waals surface area contributed by atoms with Gasteiger partial charge in [0.25, 0.3) is 0 Å². The monoisotopic (exact) mass is 216 g/mol. The van der Waals surface area contributed by atoms with Crippen LogP contribution in [-0.4, -0.2) is 9.39 Å². The molecule has 0 atom stereocenters. The molecule has 0 radical (unpaired) electrons. The van der Waals surface area contributed by atoms with E-state index in [0.717, 1.165) is 12.1 Å². The molecular weight excluding hydrogens is 211 g/mol. The van der Waals surface area contributed by atoms with Crippen molar-refractivity contribution in [3.63, 3.8) is 0 Å². The quantitative estimate of drug-likeness (QED) is 0.426. The predicted octanol–water partition coefficient (Wildman–Crippen LogP) is 1.06. The van der Waals surface area contributed by atoms with E-state index in [2.05, 4.69) is 0 Å². The van der Waals surface area contributed by atoms with Crippen molar-refractivity contribution in [3.05, 3.63) is 50.6 Å². The second-order valence-corrected chi connectivity index (χ2v) is 4.61. The van der Waals surface area contributed by atoms with Gasteiger partial charge in [0.1, 0.15) is 9.39 Å². The molecule has 8 heteroatoms. The van der Waals surface area contributed by atoms with Crippen molar-refractivity contribution in [3.8, 4) is 0 Å². The van der Waals surface area contributed by atoms with E-state index in [1.807, 2.05) is 0 Å². The summed E-state index contributed by atoms with van der Waals surface area (Å²) in [4.78, 5) is 20.7. The Morgan fingerprint density at radius 3 is 1.79 bits per heavy atom. The average Bonchev–Trinajstić information content (AvgIpc) is 2.17. The highest BCUT2D eigenvalue weighted by Crippen LogP contribution is 2.44. The average molecular weight is 216 g/mol. The molecule has 0 saturated heterocycles. The fraction of sp³-hybridized carbons (Fsp3) is 0. The van der Waals surface area contributed by atoms with Gasteiger partial charge in [-0.1, -0.05) is 18.2 Å². The summed E-state index contributed by atoms with van der Waals surface area (Å²) in [7, 11) is -4.77. The molecule has 0 aliphatic carbocycles. The lowest BCUT2D eigenvalue weighted by atomic mass is 10.4. The summed E-state index contributed by atoms with van der Waals surface area (Å²) < 4.78 is 8.73. The molecule has 0 bridgehead atoms. The minimum atomic E-state index is -4.77. The molecule has 0 aliphatic rings. The summed E-state index contributed by atoms with van der Waals surface area (Å²) in [6, 6.07) is 6.44. The third-order valence-corrected chi connectivity index (χ3v) is 3.39. The SMILES string of the molecule is O=[N+]([O-])P(=O)(c1ccccc1)[N+](=O)[O-]. The standard InChI is InChI=1S/C6H5N2O5P/c9-7(10)14(13,8(11)12)6-4-2-1-3-5-6/h1-5H. The van der Waals surface area contributed by atoms with Gasteiger partial charge in [0.2, 0.25) is 0 Å². The molecule has 0 spiro atoms. The zero-order chi connectivity index (χ0) is 10.8. The summed E-state index contributed by atoms with van der Waals surface area (Å²) in [6.07, 6.45) is 0. The Morgan fingerprint density at radius 2 is 1.43 bits per heavy atom.